The molecule has 1 aliphatic heterocycles. The molecule has 0 N–H and O–H groups in total. The van der Waals surface area contributed by atoms with E-state index in [9.17, 15) is 27.6 Å². The van der Waals surface area contributed by atoms with Crippen LogP contribution >= 0.6 is 0 Å². The second-order valence-electron chi connectivity index (χ2n) is 7.61. The number of hydrogen-bond donors (Lipinski definition) is 0. The molecule has 0 unspecified atom stereocenters. The molecule has 0 saturated heterocycles. The first kappa shape index (κ1) is 24.9. The number of esters is 1. The van der Waals surface area contributed by atoms with Crippen molar-refractivity contribution in [1.29, 1.82) is 0 Å². The standard InChI is InChI=1S/C24H19F3N2O7/c1-33-12-36-21-18-17(20(35-11-16(30)34-2)15-4-3-9-28-19(15)21)22(31)29(23(18)32)10-13-5-7-14(8-6-13)24(25,26)27/h3-9H,10-12H2,1-2H3. The van der Waals surface area contributed by atoms with Crippen molar-refractivity contribution in [1.82, 2.24) is 9.88 Å². The number of carbonyl (C=O) groups is 3. The number of amides is 2. The fourth-order valence-electron chi connectivity index (χ4n) is 3.74. The minimum Gasteiger partial charge on any atom is -0.480 e. The van der Waals surface area contributed by atoms with Gasteiger partial charge in [0.05, 0.1) is 24.8 Å². The lowest BCUT2D eigenvalue weighted by Gasteiger charge is -2.15. The van der Waals surface area contributed by atoms with Gasteiger partial charge in [-0.2, -0.15) is 13.2 Å². The highest BCUT2D eigenvalue weighted by Crippen LogP contribution is 2.44. The highest BCUT2D eigenvalue weighted by atomic mass is 19.4. The molecule has 36 heavy (non-hydrogen) atoms. The maximum atomic E-state index is 13.5. The van der Waals surface area contributed by atoms with Gasteiger partial charge >= 0.3 is 12.1 Å². The van der Waals surface area contributed by atoms with Gasteiger partial charge in [-0.3, -0.25) is 19.5 Å². The summed E-state index contributed by atoms with van der Waals surface area (Å²) in [6.07, 6.45) is -3.08. The lowest BCUT2D eigenvalue weighted by molar-refractivity contribution is -0.143. The highest BCUT2D eigenvalue weighted by Gasteiger charge is 2.43. The monoisotopic (exact) mass is 504 g/mol. The second-order valence-corrected chi connectivity index (χ2v) is 7.61. The summed E-state index contributed by atoms with van der Waals surface area (Å²) in [5, 5.41) is 0.295. The molecule has 0 bridgehead atoms. The number of fused-ring (bicyclic) bond motifs is 2. The van der Waals surface area contributed by atoms with E-state index in [1.807, 2.05) is 0 Å². The molecule has 0 aliphatic carbocycles. The molecule has 1 aromatic heterocycles. The van der Waals surface area contributed by atoms with Crippen LogP contribution in [0.1, 0.15) is 31.8 Å². The number of halogens is 3. The lowest BCUT2D eigenvalue weighted by Crippen LogP contribution is -2.29. The Bertz CT molecular complexity index is 1340. The van der Waals surface area contributed by atoms with Gasteiger partial charge in [-0.15, -0.1) is 0 Å². The van der Waals surface area contributed by atoms with Crippen LogP contribution in [0.2, 0.25) is 0 Å². The molecule has 0 radical (unpaired) electrons. The molecule has 188 valence electrons. The molecule has 2 aromatic carbocycles. The molecular weight excluding hydrogens is 485 g/mol. The summed E-state index contributed by atoms with van der Waals surface area (Å²) in [6.45, 7) is -1.12. The van der Waals surface area contributed by atoms with Gasteiger partial charge in [0.1, 0.15) is 16.8 Å². The molecular formula is C24H19F3N2O7. The zero-order valence-corrected chi connectivity index (χ0v) is 19.0. The van der Waals surface area contributed by atoms with Crippen LogP contribution in [-0.4, -0.2) is 55.3 Å². The van der Waals surface area contributed by atoms with Crippen LogP contribution in [0.25, 0.3) is 10.9 Å². The van der Waals surface area contributed by atoms with E-state index >= 15 is 0 Å². The van der Waals surface area contributed by atoms with E-state index in [1.165, 1.54) is 25.4 Å². The van der Waals surface area contributed by atoms with E-state index in [0.29, 0.717) is 5.39 Å². The first-order valence-corrected chi connectivity index (χ1v) is 10.5. The van der Waals surface area contributed by atoms with Crippen LogP contribution in [0, 0.1) is 0 Å². The Kier molecular flexibility index (Phi) is 6.80. The van der Waals surface area contributed by atoms with Gasteiger partial charge in [0.15, 0.2) is 19.1 Å². The van der Waals surface area contributed by atoms with Crippen LogP contribution in [-0.2, 0) is 27.0 Å². The predicted molar refractivity (Wildman–Crippen MR) is 117 cm³/mol. The minimum atomic E-state index is -4.53. The van der Waals surface area contributed by atoms with E-state index in [2.05, 4.69) is 9.72 Å². The molecule has 2 heterocycles. The third kappa shape index (κ3) is 4.54. The van der Waals surface area contributed by atoms with E-state index < -0.39 is 36.1 Å². The van der Waals surface area contributed by atoms with Crippen LogP contribution in [0.4, 0.5) is 13.2 Å². The fourth-order valence-corrected chi connectivity index (χ4v) is 3.74. The number of benzene rings is 2. The SMILES string of the molecule is COCOc1c2c(c(OCC(=O)OC)c3cccnc13)C(=O)N(Cc1ccc(C(F)(F)F)cc1)C2=O. The van der Waals surface area contributed by atoms with Crippen molar-refractivity contribution in [3.8, 4) is 11.5 Å². The Morgan fingerprint density at radius 1 is 0.972 bits per heavy atom. The van der Waals surface area contributed by atoms with Crippen molar-refractivity contribution in [3.05, 3.63) is 64.8 Å². The molecule has 0 atom stereocenters. The van der Waals surface area contributed by atoms with Crippen molar-refractivity contribution in [2.45, 2.75) is 12.7 Å². The highest BCUT2D eigenvalue weighted by molar-refractivity contribution is 6.27. The molecule has 0 spiro atoms. The number of carbonyl (C=O) groups excluding carboxylic acids is 3. The molecule has 0 saturated carbocycles. The molecule has 0 fully saturated rings. The first-order valence-electron chi connectivity index (χ1n) is 10.5. The predicted octanol–water partition coefficient (Wildman–Crippen LogP) is 3.58. The normalized spacial score (nSPS) is 13.2. The fraction of sp³-hybridized carbons (Fsp3) is 0.250. The number of imide groups is 1. The van der Waals surface area contributed by atoms with Gasteiger partial charge in [0.25, 0.3) is 11.8 Å². The van der Waals surface area contributed by atoms with Gasteiger partial charge < -0.3 is 18.9 Å². The smallest absolute Gasteiger partial charge is 0.416 e. The number of nitrogens with zero attached hydrogens (tertiary/aromatic N) is 2. The first-order chi connectivity index (χ1) is 17.2. The molecule has 4 rings (SSSR count). The van der Waals surface area contributed by atoms with Gasteiger partial charge in [-0.25, -0.2) is 4.79 Å². The number of pyridine rings is 1. The van der Waals surface area contributed by atoms with Gasteiger partial charge in [-0.05, 0) is 29.8 Å². The largest absolute Gasteiger partial charge is 0.480 e. The van der Waals surface area contributed by atoms with Crippen LogP contribution in [0.5, 0.6) is 11.5 Å². The lowest BCUT2D eigenvalue weighted by atomic mass is 10.0. The van der Waals surface area contributed by atoms with Crippen molar-refractivity contribution in [2.24, 2.45) is 0 Å². The van der Waals surface area contributed by atoms with Crippen molar-refractivity contribution in [3.63, 3.8) is 0 Å². The van der Waals surface area contributed by atoms with E-state index in [1.54, 1.807) is 12.1 Å². The summed E-state index contributed by atoms with van der Waals surface area (Å²) in [6, 6.07) is 7.24. The summed E-state index contributed by atoms with van der Waals surface area (Å²) < 4.78 is 59.5. The molecule has 9 nitrogen and oxygen atoms in total. The van der Waals surface area contributed by atoms with Crippen LogP contribution < -0.4 is 9.47 Å². The number of alkyl halides is 3. The van der Waals surface area contributed by atoms with Gasteiger partial charge in [0, 0.05) is 18.7 Å². The minimum absolute atomic E-state index is 0.0267. The van der Waals surface area contributed by atoms with Gasteiger partial charge in [0.2, 0.25) is 0 Å². The number of methoxy groups -OCH3 is 2. The van der Waals surface area contributed by atoms with Crippen LogP contribution in [0.15, 0.2) is 42.6 Å². The number of ether oxygens (including phenoxy) is 4. The summed E-state index contributed by atoms with van der Waals surface area (Å²) in [4.78, 5) is 43.8. The molecule has 1 aliphatic rings. The average Bonchev–Trinajstić information content (AvgIpc) is 3.10. The molecule has 2 amide bonds. The summed E-state index contributed by atoms with van der Waals surface area (Å²) in [5.74, 6) is -2.36. The zero-order chi connectivity index (χ0) is 26.0. The van der Waals surface area contributed by atoms with E-state index in [4.69, 9.17) is 14.2 Å². The van der Waals surface area contributed by atoms with Crippen LogP contribution in [0.3, 0.4) is 0 Å². The quantitative estimate of drug-likeness (QED) is 0.261. The summed E-state index contributed by atoms with van der Waals surface area (Å²) in [5.41, 5.74) is -0.709. The third-order valence-corrected chi connectivity index (χ3v) is 5.39. The number of rotatable bonds is 8. The van der Waals surface area contributed by atoms with Crippen molar-refractivity contribution in [2.75, 3.05) is 27.6 Å². The summed E-state index contributed by atoms with van der Waals surface area (Å²) in [7, 11) is 2.53. The van der Waals surface area contributed by atoms with Gasteiger partial charge in [-0.1, -0.05) is 12.1 Å². The van der Waals surface area contributed by atoms with E-state index in [-0.39, 0.29) is 47.0 Å². The Labute approximate surface area is 202 Å². The molecule has 12 heteroatoms. The maximum absolute atomic E-state index is 13.5. The second kappa shape index (κ2) is 9.82. The number of aromatic nitrogens is 1. The zero-order valence-electron chi connectivity index (χ0n) is 19.0. The molecule has 3 aromatic rings. The van der Waals surface area contributed by atoms with E-state index in [0.717, 1.165) is 24.1 Å². The third-order valence-electron chi connectivity index (χ3n) is 5.39. The maximum Gasteiger partial charge on any atom is 0.416 e. The van der Waals surface area contributed by atoms with Crippen molar-refractivity contribution < 1.29 is 46.5 Å². The topological polar surface area (TPSA) is 104 Å². The Balaban J connectivity index is 1.81. The number of hydrogen-bond acceptors (Lipinski definition) is 8. The Morgan fingerprint density at radius 2 is 1.64 bits per heavy atom. The summed E-state index contributed by atoms with van der Waals surface area (Å²) >= 11 is 0. The Morgan fingerprint density at radius 3 is 2.25 bits per heavy atom. The average molecular weight is 504 g/mol. The van der Waals surface area contributed by atoms with Crippen molar-refractivity contribution >= 4 is 28.7 Å². The Hall–Kier alpha value is -4.19.